The summed E-state index contributed by atoms with van der Waals surface area (Å²) in [6.45, 7) is 0. The molecule has 12 rings (SSSR count). The molecule has 61 heavy (non-hydrogen) atoms. The van der Waals surface area contributed by atoms with Gasteiger partial charge in [0.1, 0.15) is 16.7 Å². The van der Waals surface area contributed by atoms with E-state index in [-0.39, 0.29) is 61.0 Å². The second-order valence-corrected chi connectivity index (χ2v) is 14.5. The molecule has 0 radical (unpaired) electrons. The van der Waals surface area contributed by atoms with E-state index in [1.807, 2.05) is 91.0 Å². The van der Waals surface area contributed by atoms with E-state index in [0.29, 0.717) is 33.3 Å². The lowest BCUT2D eigenvalue weighted by molar-refractivity contribution is 0.669. The van der Waals surface area contributed by atoms with E-state index in [1.165, 1.54) is 12.1 Å². The Balaban J connectivity index is 1.17. The monoisotopic (exact) mass is 793 g/mol. The molecule has 0 unspecified atom stereocenters. The number of para-hydroxylation sites is 2. The molecule has 0 amide bonds. The van der Waals surface area contributed by atoms with E-state index in [9.17, 15) is 5.48 Å². The van der Waals surface area contributed by atoms with Crippen LogP contribution in [0.4, 0.5) is 17.1 Å². The minimum absolute atomic E-state index is 0.0259. The summed E-state index contributed by atoms with van der Waals surface area (Å²) in [4.78, 5) is 1.66. The van der Waals surface area contributed by atoms with Crippen LogP contribution < -0.4 is 4.90 Å². The zero-order valence-corrected chi connectivity index (χ0v) is 32.0. The van der Waals surface area contributed by atoms with Crippen molar-refractivity contribution in [2.24, 2.45) is 0 Å². The molecule has 3 heteroatoms. The fraction of sp³-hybridized carbons (Fsp3) is 0. The van der Waals surface area contributed by atoms with E-state index in [2.05, 4.69) is 0 Å². The lowest BCUT2D eigenvalue weighted by Crippen LogP contribution is -2.10. The molecule has 10 aromatic carbocycles. The zero-order chi connectivity index (χ0) is 52.5. The number of anilines is 3. The molecule has 0 atom stereocenters. The van der Waals surface area contributed by atoms with Gasteiger partial charge in [-0.25, -0.2) is 0 Å². The molecule has 0 saturated heterocycles. The molecular weight excluding hydrogens is 743 g/mol. The van der Waals surface area contributed by atoms with Crippen LogP contribution in [-0.2, 0) is 0 Å². The first-order chi connectivity index (χ1) is 36.1. The van der Waals surface area contributed by atoms with Gasteiger partial charge < -0.3 is 13.7 Å². The molecule has 0 aliphatic heterocycles. The first-order valence-electron chi connectivity index (χ1n) is 26.6. The Kier molecular flexibility index (Phi) is 5.50. The highest BCUT2D eigenvalue weighted by molar-refractivity contribution is 6.24. The minimum Gasteiger partial charge on any atom is -0.455 e. The maximum absolute atomic E-state index is 9.95. The van der Waals surface area contributed by atoms with Crippen molar-refractivity contribution in [3.8, 4) is 44.5 Å². The molecule has 2 heterocycles. The van der Waals surface area contributed by atoms with E-state index >= 15 is 0 Å². The molecule has 0 N–H and O–H groups in total. The summed E-state index contributed by atoms with van der Waals surface area (Å²) in [5, 5.41) is 2.89. The number of rotatable bonds is 7. The summed E-state index contributed by atoms with van der Waals surface area (Å²) < 4.78 is 140. The predicted molar refractivity (Wildman–Crippen MR) is 255 cm³/mol. The maximum atomic E-state index is 9.95. The lowest BCUT2D eigenvalue weighted by atomic mass is 9.91. The Hall–Kier alpha value is -8.14. The quantitative estimate of drug-likeness (QED) is 0.161. The van der Waals surface area contributed by atoms with Crippen LogP contribution in [0.3, 0.4) is 0 Å². The topological polar surface area (TPSA) is 29.5 Å². The Labute approximate surface area is 372 Å². The van der Waals surface area contributed by atoms with Gasteiger partial charge in [0.25, 0.3) is 0 Å². The third kappa shape index (κ3) is 5.82. The number of nitrogens with zero attached hydrogens (tertiary/aromatic N) is 1. The normalized spacial score (nSPS) is 14.8. The van der Waals surface area contributed by atoms with Crippen LogP contribution >= 0.6 is 0 Å². The summed E-state index contributed by atoms with van der Waals surface area (Å²) >= 11 is 0. The zero-order valence-electron chi connectivity index (χ0n) is 46.0. The van der Waals surface area contributed by atoms with Gasteiger partial charge in [0.05, 0.1) is 24.9 Å². The van der Waals surface area contributed by atoms with Crippen molar-refractivity contribution >= 4 is 71.7 Å². The van der Waals surface area contributed by atoms with Gasteiger partial charge >= 0.3 is 0 Å². The minimum atomic E-state index is -0.609. The molecule has 0 spiro atoms. The Bertz CT molecular complexity index is 4330. The Morgan fingerprint density at radius 3 is 1.69 bits per heavy atom. The van der Waals surface area contributed by atoms with Crippen molar-refractivity contribution in [1.82, 2.24) is 0 Å². The molecule has 0 aliphatic rings. The van der Waals surface area contributed by atoms with Gasteiger partial charge in [0, 0.05) is 43.9 Å². The molecule has 0 bridgehead atoms. The SMILES string of the molecule is [2H]c1c([2H])c([2H])c(-c2cc3c(oc4c(-c5c([2H])c([2H])c([2H])c([2H])c5[2H])ccc(-c5c([2H])c([2H])c(N(c6ccc(-c7ccccc7)cc6)c6cccc7c6oc6ccccc67)c([2H])c5[2H])c43)c3ccccc23)c([2H])c1[2H]. The molecule has 3 nitrogen and oxygen atoms in total. The average Bonchev–Trinajstić information content (AvgIpc) is 4.03. The van der Waals surface area contributed by atoms with Crippen molar-refractivity contribution in [1.29, 1.82) is 0 Å². The van der Waals surface area contributed by atoms with Gasteiger partial charge in [-0.2, -0.15) is 0 Å². The maximum Gasteiger partial charge on any atom is 0.159 e. The van der Waals surface area contributed by atoms with Crippen LogP contribution in [0.25, 0.3) is 99.2 Å². The van der Waals surface area contributed by atoms with Crippen LogP contribution in [0.5, 0.6) is 0 Å². The molecule has 0 aliphatic carbocycles. The second kappa shape index (κ2) is 14.3. The lowest BCUT2D eigenvalue weighted by Gasteiger charge is -2.26. The average molecular weight is 794 g/mol. The Morgan fingerprint density at radius 2 is 0.934 bits per heavy atom. The summed E-state index contributed by atoms with van der Waals surface area (Å²) in [6.07, 6.45) is 0. The fourth-order valence-electron chi connectivity index (χ4n) is 8.37. The largest absolute Gasteiger partial charge is 0.455 e. The molecule has 0 saturated carbocycles. The van der Waals surface area contributed by atoms with Gasteiger partial charge in [-0.05, 0) is 92.8 Å². The molecular formula is C58H37NO2. The number of fused-ring (bicyclic) bond motifs is 8. The van der Waals surface area contributed by atoms with Gasteiger partial charge in [-0.1, -0.05) is 176 Å². The highest BCUT2D eigenvalue weighted by Crippen LogP contribution is 2.47. The van der Waals surface area contributed by atoms with E-state index in [4.69, 9.17) is 22.5 Å². The van der Waals surface area contributed by atoms with E-state index in [0.717, 1.165) is 21.9 Å². The van der Waals surface area contributed by atoms with E-state index in [1.54, 1.807) is 41.3 Å². The predicted octanol–water partition coefficient (Wildman–Crippen LogP) is 16.8. The summed E-state index contributed by atoms with van der Waals surface area (Å²) in [5.41, 5.74) is 3.90. The summed E-state index contributed by atoms with van der Waals surface area (Å²) in [5.74, 6) is 0. The molecule has 286 valence electrons. The van der Waals surface area contributed by atoms with Crippen molar-refractivity contribution in [3.63, 3.8) is 0 Å². The highest BCUT2D eigenvalue weighted by atomic mass is 16.3. The number of benzene rings is 10. The van der Waals surface area contributed by atoms with E-state index < -0.39 is 84.6 Å². The highest BCUT2D eigenvalue weighted by Gasteiger charge is 2.23. The van der Waals surface area contributed by atoms with Gasteiger partial charge in [0.15, 0.2) is 5.58 Å². The molecule has 12 aromatic rings. The van der Waals surface area contributed by atoms with Crippen LogP contribution in [-0.4, -0.2) is 0 Å². The number of furan rings is 2. The van der Waals surface area contributed by atoms with Crippen molar-refractivity contribution in [2.75, 3.05) is 4.90 Å². The van der Waals surface area contributed by atoms with Crippen LogP contribution in [0.1, 0.15) is 19.2 Å². The fourth-order valence-corrected chi connectivity index (χ4v) is 8.37. The molecule has 0 fully saturated rings. The summed E-state index contributed by atoms with van der Waals surface area (Å²) in [7, 11) is 0. The van der Waals surface area contributed by atoms with Gasteiger partial charge in [-0.3, -0.25) is 0 Å². The van der Waals surface area contributed by atoms with Crippen LogP contribution in [0.15, 0.2) is 233 Å². The van der Waals surface area contributed by atoms with Crippen molar-refractivity contribution < 1.29 is 28.0 Å². The number of hydrogen-bond acceptors (Lipinski definition) is 3. The van der Waals surface area contributed by atoms with Crippen LogP contribution in [0, 0.1) is 0 Å². The van der Waals surface area contributed by atoms with Crippen LogP contribution in [0.2, 0.25) is 0 Å². The standard InChI is InChI=1S/C58H37NO2/c1-4-15-38(16-5-1)39-27-31-43(32-28-39)59(53-25-14-24-50-48-22-12-13-26-54(48)60-57(50)53)44-33-29-42(30-34-44)45-35-36-46(40-17-6-2-7-18-40)58-55(45)52-37-51(41-19-8-3-9-20-41)47-21-10-11-23-49(47)56(52)61-58/h1-37H/i2D,3D,6D,7D,8D,9D,17D,18D,19D,20D,29D,30D,33D,34D. The third-order valence-electron chi connectivity index (χ3n) is 11.1. The number of hydrogen-bond donors (Lipinski definition) is 0. The Morgan fingerprint density at radius 1 is 0.344 bits per heavy atom. The first-order valence-corrected chi connectivity index (χ1v) is 19.6. The van der Waals surface area contributed by atoms with Gasteiger partial charge in [-0.15, -0.1) is 0 Å². The molecule has 2 aromatic heterocycles. The second-order valence-electron chi connectivity index (χ2n) is 14.5. The van der Waals surface area contributed by atoms with Gasteiger partial charge in [0.2, 0.25) is 0 Å². The van der Waals surface area contributed by atoms with Crippen molar-refractivity contribution in [3.05, 3.63) is 224 Å². The van der Waals surface area contributed by atoms with Crippen molar-refractivity contribution in [2.45, 2.75) is 0 Å². The third-order valence-corrected chi connectivity index (χ3v) is 11.1. The smallest absolute Gasteiger partial charge is 0.159 e. The first kappa shape index (κ1) is 23.5. The summed E-state index contributed by atoms with van der Waals surface area (Å²) in [6, 6.07) is 34.6.